The van der Waals surface area contributed by atoms with E-state index in [0.29, 0.717) is 25.0 Å². The Bertz CT molecular complexity index is 853. The number of azo groups is 1. The molecule has 0 amide bonds. The second kappa shape index (κ2) is 10.7. The molecule has 2 aromatic rings. The van der Waals surface area contributed by atoms with E-state index in [9.17, 15) is 0 Å². The Morgan fingerprint density at radius 1 is 1.17 bits per heavy atom. The van der Waals surface area contributed by atoms with Crippen molar-refractivity contribution in [1.82, 2.24) is 14.9 Å². The maximum Gasteiger partial charge on any atom is 0.320 e. The molecule has 0 radical (unpaired) electrons. The fourth-order valence-electron chi connectivity index (χ4n) is 3.36. The van der Waals surface area contributed by atoms with Crippen LogP contribution in [0, 0.1) is 6.92 Å². The molecule has 1 aromatic carbocycles. The van der Waals surface area contributed by atoms with Crippen molar-refractivity contribution < 1.29 is 9.47 Å². The van der Waals surface area contributed by atoms with Crippen molar-refractivity contribution in [2.75, 3.05) is 62.5 Å². The van der Waals surface area contributed by atoms with Crippen LogP contribution in [0.25, 0.3) is 0 Å². The molecule has 4 rings (SSSR count). The van der Waals surface area contributed by atoms with E-state index in [2.05, 4.69) is 55.1 Å². The van der Waals surface area contributed by atoms with Crippen LogP contribution in [0.5, 0.6) is 6.01 Å². The lowest BCUT2D eigenvalue weighted by atomic mass is 10.1. The normalized spacial score (nSPS) is 17.7. The first kappa shape index (κ1) is 21.0. The second-order valence-electron chi connectivity index (χ2n) is 7.36. The van der Waals surface area contributed by atoms with Crippen molar-refractivity contribution in [1.29, 1.82) is 0 Å². The van der Waals surface area contributed by atoms with Gasteiger partial charge in [-0.3, -0.25) is 4.90 Å². The third-order valence-electron chi connectivity index (χ3n) is 5.01. The molecular weight excluding hydrogens is 400 g/mol. The summed E-state index contributed by atoms with van der Waals surface area (Å²) in [4.78, 5) is 13.6. The molecule has 0 spiro atoms. The lowest BCUT2D eigenvalue weighted by Crippen LogP contribution is -2.38. The van der Waals surface area contributed by atoms with Crippen LogP contribution in [-0.2, 0) is 11.3 Å². The highest BCUT2D eigenvalue weighted by Crippen LogP contribution is 2.26. The summed E-state index contributed by atoms with van der Waals surface area (Å²) >= 11 is 1.89. The second-order valence-corrected chi connectivity index (χ2v) is 8.43. The molecule has 8 nitrogen and oxygen atoms in total. The van der Waals surface area contributed by atoms with Gasteiger partial charge in [0, 0.05) is 38.0 Å². The van der Waals surface area contributed by atoms with Gasteiger partial charge < -0.3 is 14.4 Å². The zero-order valence-corrected chi connectivity index (χ0v) is 18.2. The summed E-state index contributed by atoms with van der Waals surface area (Å²) in [6.45, 7) is 8.38. The molecule has 2 saturated heterocycles. The smallest absolute Gasteiger partial charge is 0.320 e. The Hall–Kier alpha value is -2.23. The monoisotopic (exact) mass is 428 g/mol. The van der Waals surface area contributed by atoms with Gasteiger partial charge in [0.2, 0.25) is 0 Å². The van der Waals surface area contributed by atoms with Gasteiger partial charge in [-0.1, -0.05) is 29.8 Å². The van der Waals surface area contributed by atoms with Crippen LogP contribution >= 0.6 is 11.8 Å². The number of thioether (sulfide) groups is 1. The van der Waals surface area contributed by atoms with Crippen LogP contribution in [0.3, 0.4) is 0 Å². The molecule has 2 aliphatic rings. The molecule has 2 fully saturated rings. The van der Waals surface area contributed by atoms with Crippen molar-refractivity contribution in [2.45, 2.75) is 13.5 Å². The van der Waals surface area contributed by atoms with E-state index in [0.717, 1.165) is 62.4 Å². The predicted molar refractivity (Wildman–Crippen MR) is 119 cm³/mol. The molecule has 2 aliphatic heterocycles. The Morgan fingerprint density at radius 3 is 2.87 bits per heavy atom. The van der Waals surface area contributed by atoms with Crippen molar-refractivity contribution in [3.63, 3.8) is 0 Å². The summed E-state index contributed by atoms with van der Waals surface area (Å²) in [5.74, 6) is 3.40. The molecule has 0 N–H and O–H groups in total. The number of hydrogen-bond acceptors (Lipinski definition) is 9. The first-order chi connectivity index (χ1) is 14.8. The topological polar surface area (TPSA) is 75.4 Å². The number of aromatic nitrogens is 2. The highest BCUT2D eigenvalue weighted by Gasteiger charge is 2.17. The summed E-state index contributed by atoms with van der Waals surface area (Å²) in [5.41, 5.74) is 2.35. The van der Waals surface area contributed by atoms with Gasteiger partial charge in [0.1, 0.15) is 12.4 Å². The highest BCUT2D eigenvalue weighted by atomic mass is 32.2. The summed E-state index contributed by atoms with van der Waals surface area (Å²) in [5, 5.41) is 8.70. The summed E-state index contributed by atoms with van der Waals surface area (Å²) in [6.07, 6.45) is 0. The molecular formula is C21H28N6O2S. The molecule has 3 heterocycles. The van der Waals surface area contributed by atoms with Crippen LogP contribution in [-0.4, -0.2) is 72.5 Å². The summed E-state index contributed by atoms with van der Waals surface area (Å²) < 4.78 is 11.3. The molecule has 0 atom stereocenters. The summed E-state index contributed by atoms with van der Waals surface area (Å²) in [6, 6.07) is 10.5. The standard InChI is InChI=1S/C21H28N6O2S/c1-17-3-2-4-18(13-17)15-22-25-19-14-20(27-8-12-30-16-27)24-21(23-19)29-11-7-26-5-9-28-10-6-26/h2-4,13-14H,5-12,15-16H2,1H3. The third-order valence-corrected chi connectivity index (χ3v) is 5.97. The predicted octanol–water partition coefficient (Wildman–Crippen LogP) is 3.29. The Morgan fingerprint density at radius 2 is 2.07 bits per heavy atom. The number of anilines is 1. The van der Waals surface area contributed by atoms with Gasteiger partial charge in [-0.2, -0.15) is 15.1 Å². The lowest BCUT2D eigenvalue weighted by molar-refractivity contribution is 0.0317. The minimum Gasteiger partial charge on any atom is -0.462 e. The number of hydrogen-bond donors (Lipinski definition) is 0. The van der Waals surface area contributed by atoms with Crippen LogP contribution in [0.4, 0.5) is 11.6 Å². The minimum absolute atomic E-state index is 0.363. The van der Waals surface area contributed by atoms with Crippen LogP contribution in [0.1, 0.15) is 11.1 Å². The van der Waals surface area contributed by atoms with Gasteiger partial charge in [-0.15, -0.1) is 16.9 Å². The SMILES string of the molecule is Cc1cccc(CN=Nc2cc(N3CCSC3)nc(OCCN3CCOCC3)n2)c1. The van der Waals surface area contributed by atoms with Gasteiger partial charge in [0.25, 0.3) is 0 Å². The number of aryl methyl sites for hydroxylation is 1. The Kier molecular flexibility index (Phi) is 7.49. The number of rotatable bonds is 8. The zero-order chi connectivity index (χ0) is 20.6. The number of morpholine rings is 1. The van der Waals surface area contributed by atoms with Gasteiger partial charge in [-0.25, -0.2) is 0 Å². The molecule has 0 aliphatic carbocycles. The molecule has 9 heteroatoms. The average molecular weight is 429 g/mol. The third kappa shape index (κ3) is 6.13. The van der Waals surface area contributed by atoms with Crippen molar-refractivity contribution >= 4 is 23.4 Å². The van der Waals surface area contributed by atoms with E-state index in [1.54, 1.807) is 0 Å². The first-order valence-corrected chi connectivity index (χ1v) is 11.5. The van der Waals surface area contributed by atoms with Gasteiger partial charge in [0.15, 0.2) is 5.82 Å². The van der Waals surface area contributed by atoms with Crippen molar-refractivity contribution in [3.05, 3.63) is 41.5 Å². The van der Waals surface area contributed by atoms with Gasteiger partial charge in [0.05, 0.1) is 25.6 Å². The van der Waals surface area contributed by atoms with E-state index >= 15 is 0 Å². The van der Waals surface area contributed by atoms with E-state index in [1.165, 1.54) is 5.56 Å². The van der Waals surface area contributed by atoms with E-state index in [4.69, 9.17) is 9.47 Å². The lowest BCUT2D eigenvalue weighted by Gasteiger charge is -2.26. The molecule has 160 valence electrons. The molecule has 30 heavy (non-hydrogen) atoms. The molecule has 0 unspecified atom stereocenters. The van der Waals surface area contributed by atoms with Crippen molar-refractivity contribution in [2.24, 2.45) is 10.2 Å². The number of ether oxygens (including phenoxy) is 2. The Balaban J connectivity index is 1.42. The first-order valence-electron chi connectivity index (χ1n) is 10.3. The van der Waals surface area contributed by atoms with Crippen LogP contribution in [0.2, 0.25) is 0 Å². The molecule has 0 bridgehead atoms. The Labute approximate surface area is 181 Å². The average Bonchev–Trinajstić information content (AvgIpc) is 3.30. The quantitative estimate of drug-likeness (QED) is 0.597. The summed E-state index contributed by atoms with van der Waals surface area (Å²) in [7, 11) is 0. The largest absolute Gasteiger partial charge is 0.462 e. The van der Waals surface area contributed by atoms with Crippen LogP contribution < -0.4 is 9.64 Å². The zero-order valence-electron chi connectivity index (χ0n) is 17.4. The van der Waals surface area contributed by atoms with E-state index in [1.807, 2.05) is 23.9 Å². The number of nitrogens with zero attached hydrogens (tertiary/aromatic N) is 6. The van der Waals surface area contributed by atoms with Gasteiger partial charge >= 0.3 is 6.01 Å². The minimum atomic E-state index is 0.363. The fourth-order valence-corrected chi connectivity index (χ4v) is 4.32. The van der Waals surface area contributed by atoms with E-state index in [-0.39, 0.29) is 0 Å². The number of benzene rings is 1. The fraction of sp³-hybridized carbons (Fsp3) is 0.524. The van der Waals surface area contributed by atoms with Crippen LogP contribution in [0.15, 0.2) is 40.6 Å². The molecule has 0 saturated carbocycles. The van der Waals surface area contributed by atoms with Gasteiger partial charge in [-0.05, 0) is 12.5 Å². The van der Waals surface area contributed by atoms with E-state index < -0.39 is 0 Å². The highest BCUT2D eigenvalue weighted by molar-refractivity contribution is 7.99. The maximum absolute atomic E-state index is 5.89. The van der Waals surface area contributed by atoms with Crippen molar-refractivity contribution in [3.8, 4) is 6.01 Å². The molecule has 1 aromatic heterocycles. The maximum atomic E-state index is 5.89.